The van der Waals surface area contributed by atoms with Crippen LogP contribution in [0.25, 0.3) is 0 Å². The van der Waals surface area contributed by atoms with Crippen LogP contribution in [0.2, 0.25) is 0 Å². The molecule has 2 aromatic rings. The Morgan fingerprint density at radius 3 is 2.59 bits per heavy atom. The Morgan fingerprint density at radius 2 is 1.90 bits per heavy atom. The van der Waals surface area contributed by atoms with Gasteiger partial charge in [0.05, 0.1) is 12.5 Å². The normalized spacial score (nSPS) is 20.5. The summed E-state index contributed by atoms with van der Waals surface area (Å²) < 4.78 is 1.93. The zero-order valence-corrected chi connectivity index (χ0v) is 17.3. The van der Waals surface area contributed by atoms with Gasteiger partial charge in [-0.3, -0.25) is 19.2 Å². The molecule has 1 aromatic carbocycles. The number of anilines is 1. The van der Waals surface area contributed by atoms with Crippen LogP contribution in [0.4, 0.5) is 5.69 Å². The largest absolute Gasteiger partial charge is 0.340 e. The summed E-state index contributed by atoms with van der Waals surface area (Å²) in [6.07, 6.45) is 4.07. The van der Waals surface area contributed by atoms with Gasteiger partial charge in [0.1, 0.15) is 0 Å². The van der Waals surface area contributed by atoms with Crippen molar-refractivity contribution >= 4 is 17.5 Å². The molecular formula is C22H29N5O2. The van der Waals surface area contributed by atoms with Gasteiger partial charge in [-0.1, -0.05) is 6.07 Å². The second-order valence-electron chi connectivity index (χ2n) is 8.11. The van der Waals surface area contributed by atoms with Crippen LogP contribution in [0.5, 0.6) is 0 Å². The molecule has 2 aliphatic heterocycles. The van der Waals surface area contributed by atoms with E-state index in [0.717, 1.165) is 50.5 Å². The lowest BCUT2D eigenvalue weighted by atomic mass is 10.1. The standard InChI is InChI=1S/C22H29N5O2/c1-17-4-5-20(14-18(17)2)27-16-19(15-21(27)28)22(29)25-11-8-24(9-12-25)10-13-26-7-3-6-23-26/h3-7,14,19H,8-13,15-16H2,1-2H3/t19-/m0/s1. The van der Waals surface area contributed by atoms with Gasteiger partial charge in [-0.2, -0.15) is 5.10 Å². The molecule has 0 unspecified atom stereocenters. The molecule has 7 nitrogen and oxygen atoms in total. The molecule has 0 aliphatic carbocycles. The molecule has 154 valence electrons. The summed E-state index contributed by atoms with van der Waals surface area (Å²) in [5.41, 5.74) is 3.27. The van der Waals surface area contributed by atoms with E-state index in [1.54, 1.807) is 11.1 Å². The van der Waals surface area contributed by atoms with E-state index in [9.17, 15) is 9.59 Å². The average molecular weight is 396 g/mol. The van der Waals surface area contributed by atoms with Crippen LogP contribution >= 0.6 is 0 Å². The molecule has 0 spiro atoms. The fourth-order valence-electron chi connectivity index (χ4n) is 4.14. The van der Waals surface area contributed by atoms with Gasteiger partial charge >= 0.3 is 0 Å². The predicted molar refractivity (Wildman–Crippen MR) is 112 cm³/mol. The first-order valence-electron chi connectivity index (χ1n) is 10.4. The van der Waals surface area contributed by atoms with Gasteiger partial charge in [-0.05, 0) is 43.2 Å². The van der Waals surface area contributed by atoms with E-state index in [2.05, 4.69) is 16.9 Å². The van der Waals surface area contributed by atoms with Crippen LogP contribution < -0.4 is 4.90 Å². The maximum Gasteiger partial charge on any atom is 0.228 e. The molecular weight excluding hydrogens is 366 g/mol. The lowest BCUT2D eigenvalue weighted by Crippen LogP contribution is -2.51. The third-order valence-electron chi connectivity index (χ3n) is 6.16. The highest BCUT2D eigenvalue weighted by Gasteiger charge is 2.37. The average Bonchev–Trinajstić information content (AvgIpc) is 3.38. The van der Waals surface area contributed by atoms with Gasteiger partial charge in [-0.15, -0.1) is 0 Å². The number of carbonyl (C=O) groups is 2. The monoisotopic (exact) mass is 395 g/mol. The van der Waals surface area contributed by atoms with Crippen molar-refractivity contribution < 1.29 is 9.59 Å². The lowest BCUT2D eigenvalue weighted by Gasteiger charge is -2.35. The Bertz CT molecular complexity index is 871. The van der Waals surface area contributed by atoms with Crippen LogP contribution in [-0.2, 0) is 16.1 Å². The third-order valence-corrected chi connectivity index (χ3v) is 6.16. The van der Waals surface area contributed by atoms with Gasteiger partial charge in [0.25, 0.3) is 0 Å². The molecule has 1 aromatic heterocycles. The smallest absolute Gasteiger partial charge is 0.228 e. The first-order valence-corrected chi connectivity index (χ1v) is 10.4. The van der Waals surface area contributed by atoms with E-state index >= 15 is 0 Å². The summed E-state index contributed by atoms with van der Waals surface area (Å²) in [7, 11) is 0. The minimum atomic E-state index is -0.236. The van der Waals surface area contributed by atoms with E-state index in [-0.39, 0.29) is 17.7 Å². The van der Waals surface area contributed by atoms with Crippen molar-refractivity contribution in [2.24, 2.45) is 5.92 Å². The van der Waals surface area contributed by atoms with E-state index in [1.165, 1.54) is 5.56 Å². The van der Waals surface area contributed by atoms with E-state index < -0.39 is 0 Å². The summed E-state index contributed by atoms with van der Waals surface area (Å²) >= 11 is 0. The SMILES string of the molecule is Cc1ccc(N2C[C@@H](C(=O)N3CCN(CCn4cccn4)CC3)CC2=O)cc1C. The number of aryl methyl sites for hydroxylation is 2. The van der Waals surface area contributed by atoms with E-state index in [0.29, 0.717) is 13.0 Å². The van der Waals surface area contributed by atoms with Crippen LogP contribution in [-0.4, -0.2) is 70.7 Å². The summed E-state index contributed by atoms with van der Waals surface area (Å²) in [6.45, 7) is 9.59. The molecule has 2 aliphatic rings. The van der Waals surface area contributed by atoms with Gasteiger partial charge in [-0.25, -0.2) is 0 Å². The Labute approximate surface area is 171 Å². The number of hydrogen-bond acceptors (Lipinski definition) is 4. The zero-order valence-electron chi connectivity index (χ0n) is 17.3. The minimum Gasteiger partial charge on any atom is -0.340 e. The van der Waals surface area contributed by atoms with Crippen molar-refractivity contribution in [3.63, 3.8) is 0 Å². The molecule has 0 saturated carbocycles. The Kier molecular flexibility index (Phi) is 5.67. The molecule has 29 heavy (non-hydrogen) atoms. The lowest BCUT2D eigenvalue weighted by molar-refractivity contribution is -0.137. The highest BCUT2D eigenvalue weighted by atomic mass is 16.2. The highest BCUT2D eigenvalue weighted by molar-refractivity contribution is 6.00. The number of amides is 2. The van der Waals surface area contributed by atoms with Gasteiger partial charge < -0.3 is 9.80 Å². The Morgan fingerprint density at radius 1 is 1.10 bits per heavy atom. The number of aromatic nitrogens is 2. The number of hydrogen-bond donors (Lipinski definition) is 0. The van der Waals surface area contributed by atoms with Gasteiger partial charge in [0.15, 0.2) is 0 Å². The Hall–Kier alpha value is -2.67. The van der Waals surface area contributed by atoms with E-state index in [1.807, 2.05) is 47.0 Å². The van der Waals surface area contributed by atoms with Crippen molar-refractivity contribution in [2.75, 3.05) is 44.2 Å². The van der Waals surface area contributed by atoms with Crippen molar-refractivity contribution in [2.45, 2.75) is 26.8 Å². The van der Waals surface area contributed by atoms with Crippen LogP contribution in [0.3, 0.4) is 0 Å². The third kappa shape index (κ3) is 4.34. The molecule has 2 amide bonds. The van der Waals surface area contributed by atoms with Crippen LogP contribution in [0.15, 0.2) is 36.7 Å². The second-order valence-corrected chi connectivity index (χ2v) is 8.11. The number of nitrogens with zero attached hydrogens (tertiary/aromatic N) is 5. The fourth-order valence-corrected chi connectivity index (χ4v) is 4.14. The van der Waals surface area contributed by atoms with Crippen LogP contribution in [0.1, 0.15) is 17.5 Å². The van der Waals surface area contributed by atoms with Gasteiger partial charge in [0, 0.05) is 63.8 Å². The maximum absolute atomic E-state index is 13.0. The molecule has 2 saturated heterocycles. The Balaban J connectivity index is 1.30. The highest BCUT2D eigenvalue weighted by Crippen LogP contribution is 2.28. The van der Waals surface area contributed by atoms with E-state index in [4.69, 9.17) is 0 Å². The molecule has 0 N–H and O–H groups in total. The molecule has 4 rings (SSSR count). The zero-order chi connectivity index (χ0) is 20.4. The summed E-state index contributed by atoms with van der Waals surface area (Å²) in [6, 6.07) is 7.99. The first kappa shape index (κ1) is 19.6. The number of piperazine rings is 1. The van der Waals surface area contributed by atoms with Crippen molar-refractivity contribution in [3.05, 3.63) is 47.8 Å². The number of carbonyl (C=O) groups excluding carboxylic acids is 2. The number of benzene rings is 1. The molecule has 0 radical (unpaired) electrons. The van der Waals surface area contributed by atoms with Crippen LogP contribution in [0, 0.1) is 19.8 Å². The summed E-state index contributed by atoms with van der Waals surface area (Å²) in [4.78, 5) is 31.6. The maximum atomic E-state index is 13.0. The molecule has 1 atom stereocenters. The number of rotatable bonds is 5. The topological polar surface area (TPSA) is 61.7 Å². The quantitative estimate of drug-likeness (QED) is 0.773. The summed E-state index contributed by atoms with van der Waals surface area (Å²) in [5.74, 6) is -0.0689. The molecule has 3 heterocycles. The molecule has 7 heteroatoms. The fraction of sp³-hybridized carbons (Fsp3) is 0.500. The van der Waals surface area contributed by atoms with Crippen molar-refractivity contribution in [1.29, 1.82) is 0 Å². The van der Waals surface area contributed by atoms with Gasteiger partial charge in [0.2, 0.25) is 11.8 Å². The van der Waals surface area contributed by atoms with Crippen molar-refractivity contribution in [1.82, 2.24) is 19.6 Å². The second kappa shape index (κ2) is 8.37. The summed E-state index contributed by atoms with van der Waals surface area (Å²) in [5, 5.41) is 4.23. The predicted octanol–water partition coefficient (Wildman–Crippen LogP) is 1.70. The van der Waals surface area contributed by atoms with Crippen molar-refractivity contribution in [3.8, 4) is 0 Å². The minimum absolute atomic E-state index is 0.0458. The molecule has 0 bridgehead atoms. The molecule has 2 fully saturated rings. The first-order chi connectivity index (χ1) is 14.0.